The maximum atomic E-state index is 12.3. The Balaban J connectivity index is 1.93. The van der Waals surface area contributed by atoms with Crippen LogP contribution in [0, 0.1) is 0 Å². The van der Waals surface area contributed by atoms with Gasteiger partial charge in [0.25, 0.3) is 0 Å². The van der Waals surface area contributed by atoms with Crippen LogP contribution < -0.4 is 0 Å². The molecule has 0 radical (unpaired) electrons. The normalized spacial score (nSPS) is 20.0. The van der Waals surface area contributed by atoms with Crippen LogP contribution in [-0.2, 0) is 20.7 Å². The first-order valence-electron chi connectivity index (χ1n) is 9.03. The number of esters is 1. The van der Waals surface area contributed by atoms with Gasteiger partial charge in [-0.3, -0.25) is 9.59 Å². The van der Waals surface area contributed by atoms with Crippen molar-refractivity contribution in [3.8, 4) is 0 Å². The zero-order valence-corrected chi connectivity index (χ0v) is 15.0. The van der Waals surface area contributed by atoms with E-state index in [0.29, 0.717) is 6.42 Å². The second-order valence-electron chi connectivity index (χ2n) is 6.75. The minimum Gasteiger partial charge on any atom is -0.463 e. The van der Waals surface area contributed by atoms with Gasteiger partial charge in [-0.15, -0.1) is 0 Å². The molecule has 0 N–H and O–H groups in total. The molecule has 0 spiro atoms. The van der Waals surface area contributed by atoms with Gasteiger partial charge >= 0.3 is 5.97 Å². The van der Waals surface area contributed by atoms with Crippen LogP contribution in [0.1, 0.15) is 58.4 Å². The van der Waals surface area contributed by atoms with Crippen LogP contribution in [0.2, 0.25) is 0 Å². The predicted molar refractivity (Wildman–Crippen MR) is 94.6 cm³/mol. The van der Waals surface area contributed by atoms with Crippen molar-refractivity contribution in [3.05, 3.63) is 35.9 Å². The van der Waals surface area contributed by atoms with Gasteiger partial charge in [0.05, 0.1) is 0 Å². The Hall–Kier alpha value is -1.84. The second kappa shape index (κ2) is 8.86. The molecule has 1 aromatic carbocycles. The van der Waals surface area contributed by atoms with Crippen molar-refractivity contribution in [1.82, 2.24) is 4.90 Å². The van der Waals surface area contributed by atoms with E-state index in [4.69, 9.17) is 4.74 Å². The average Bonchev–Trinajstić information content (AvgIpc) is 2.92. The topological polar surface area (TPSA) is 46.6 Å². The van der Waals surface area contributed by atoms with Gasteiger partial charge < -0.3 is 9.64 Å². The summed E-state index contributed by atoms with van der Waals surface area (Å²) in [6, 6.07) is 10.8. The van der Waals surface area contributed by atoms with Crippen LogP contribution in [0.3, 0.4) is 0 Å². The number of benzene rings is 1. The van der Waals surface area contributed by atoms with E-state index in [2.05, 4.69) is 24.0 Å². The molecule has 1 aliphatic heterocycles. The monoisotopic (exact) mass is 331 g/mol. The summed E-state index contributed by atoms with van der Waals surface area (Å²) in [7, 11) is 0. The number of ether oxygens (including phenoxy) is 1. The van der Waals surface area contributed by atoms with Gasteiger partial charge in [0.2, 0.25) is 5.91 Å². The summed E-state index contributed by atoms with van der Waals surface area (Å²) in [5.74, 6) is 0.0256. The van der Waals surface area contributed by atoms with Crippen molar-refractivity contribution in [2.24, 2.45) is 0 Å². The SMILES string of the molecule is CCC(CCC(C)N1C(=O)CC[C@@H]1Cc1ccccc1)OC(C)=O. The highest BCUT2D eigenvalue weighted by molar-refractivity contribution is 5.79. The molecule has 4 heteroatoms. The number of hydrogen-bond donors (Lipinski definition) is 0. The van der Waals surface area contributed by atoms with Crippen molar-refractivity contribution in [1.29, 1.82) is 0 Å². The summed E-state index contributed by atoms with van der Waals surface area (Å²) in [6.07, 6.45) is 4.92. The van der Waals surface area contributed by atoms with E-state index < -0.39 is 0 Å². The lowest BCUT2D eigenvalue weighted by atomic mass is 10.0. The highest BCUT2D eigenvalue weighted by Crippen LogP contribution is 2.27. The smallest absolute Gasteiger partial charge is 0.302 e. The number of likely N-dealkylation sites (tertiary alicyclic amines) is 1. The molecule has 4 nitrogen and oxygen atoms in total. The molecule has 1 aliphatic rings. The summed E-state index contributed by atoms with van der Waals surface area (Å²) in [5.41, 5.74) is 1.28. The minimum absolute atomic E-state index is 0.0461. The molecule has 1 heterocycles. The highest BCUT2D eigenvalue weighted by atomic mass is 16.5. The van der Waals surface area contributed by atoms with Gasteiger partial charge in [-0.1, -0.05) is 37.3 Å². The number of carbonyl (C=O) groups excluding carboxylic acids is 2. The van der Waals surface area contributed by atoms with Crippen LogP contribution in [-0.4, -0.2) is 35.0 Å². The molecule has 1 amide bonds. The maximum Gasteiger partial charge on any atom is 0.302 e. The fourth-order valence-corrected chi connectivity index (χ4v) is 3.60. The fraction of sp³-hybridized carbons (Fsp3) is 0.600. The molecule has 24 heavy (non-hydrogen) atoms. The first kappa shape index (κ1) is 18.5. The van der Waals surface area contributed by atoms with Gasteiger partial charge in [0.1, 0.15) is 6.10 Å². The zero-order valence-electron chi connectivity index (χ0n) is 15.0. The average molecular weight is 331 g/mol. The second-order valence-corrected chi connectivity index (χ2v) is 6.75. The summed E-state index contributed by atoms with van der Waals surface area (Å²) >= 11 is 0. The van der Waals surface area contributed by atoms with E-state index >= 15 is 0 Å². The summed E-state index contributed by atoms with van der Waals surface area (Å²) < 4.78 is 5.32. The Labute approximate surface area is 145 Å². The Bertz CT molecular complexity index is 543. The van der Waals surface area contributed by atoms with Gasteiger partial charge in [-0.2, -0.15) is 0 Å². The highest BCUT2D eigenvalue weighted by Gasteiger charge is 2.34. The van der Waals surface area contributed by atoms with Gasteiger partial charge in [0, 0.05) is 25.4 Å². The number of amides is 1. The van der Waals surface area contributed by atoms with Crippen LogP contribution >= 0.6 is 0 Å². The summed E-state index contributed by atoms with van der Waals surface area (Å²) in [5, 5.41) is 0. The molecular weight excluding hydrogens is 302 g/mol. The molecule has 3 atom stereocenters. The number of nitrogens with zero attached hydrogens (tertiary/aromatic N) is 1. The first-order chi connectivity index (χ1) is 11.5. The Kier molecular flexibility index (Phi) is 6.83. The molecule has 2 unspecified atom stereocenters. The molecule has 2 rings (SSSR count). The van der Waals surface area contributed by atoms with Crippen LogP contribution in [0.5, 0.6) is 0 Å². The van der Waals surface area contributed by atoms with Gasteiger partial charge in [0.15, 0.2) is 0 Å². The van der Waals surface area contributed by atoms with E-state index in [1.54, 1.807) is 0 Å². The fourth-order valence-electron chi connectivity index (χ4n) is 3.60. The molecule has 0 saturated carbocycles. The molecule has 1 saturated heterocycles. The molecule has 1 aromatic rings. The molecular formula is C20H29NO3. The Morgan fingerprint density at radius 3 is 2.62 bits per heavy atom. The maximum absolute atomic E-state index is 12.3. The zero-order chi connectivity index (χ0) is 17.5. The summed E-state index contributed by atoms with van der Waals surface area (Å²) in [6.45, 7) is 5.59. The van der Waals surface area contributed by atoms with Crippen molar-refractivity contribution in [2.75, 3.05) is 0 Å². The van der Waals surface area contributed by atoms with Crippen LogP contribution in [0.4, 0.5) is 0 Å². The van der Waals surface area contributed by atoms with Crippen LogP contribution in [0.25, 0.3) is 0 Å². The van der Waals surface area contributed by atoms with Gasteiger partial charge in [-0.05, 0) is 44.6 Å². The summed E-state index contributed by atoms with van der Waals surface area (Å²) in [4.78, 5) is 25.5. The predicted octanol–water partition coefficient (Wildman–Crippen LogP) is 3.73. The Morgan fingerprint density at radius 1 is 1.29 bits per heavy atom. The first-order valence-corrected chi connectivity index (χ1v) is 9.03. The third-order valence-corrected chi connectivity index (χ3v) is 4.86. The van der Waals surface area contributed by atoms with Crippen molar-refractivity contribution >= 4 is 11.9 Å². The lowest BCUT2D eigenvalue weighted by Gasteiger charge is -2.32. The number of carbonyl (C=O) groups is 2. The van der Waals surface area contributed by atoms with E-state index in [1.165, 1.54) is 12.5 Å². The third kappa shape index (κ3) is 5.08. The molecule has 0 aliphatic carbocycles. The van der Waals surface area contributed by atoms with E-state index in [9.17, 15) is 9.59 Å². The third-order valence-electron chi connectivity index (χ3n) is 4.86. The Morgan fingerprint density at radius 2 is 2.00 bits per heavy atom. The molecule has 0 aromatic heterocycles. The van der Waals surface area contributed by atoms with Crippen LogP contribution in [0.15, 0.2) is 30.3 Å². The van der Waals surface area contributed by atoms with E-state index in [1.807, 2.05) is 25.1 Å². The standard InChI is InChI=1S/C20H29NO3/c1-4-19(24-16(3)22)12-10-15(2)21-18(11-13-20(21)23)14-17-8-6-5-7-9-17/h5-9,15,18-19H,4,10-14H2,1-3H3/t15?,18-,19?/m1/s1. The molecule has 132 valence electrons. The number of hydrogen-bond acceptors (Lipinski definition) is 3. The minimum atomic E-state index is -0.228. The largest absolute Gasteiger partial charge is 0.463 e. The quantitative estimate of drug-likeness (QED) is 0.682. The lowest BCUT2D eigenvalue weighted by Crippen LogP contribution is -2.41. The van der Waals surface area contributed by atoms with Crippen molar-refractivity contribution < 1.29 is 14.3 Å². The molecule has 1 fully saturated rings. The lowest BCUT2D eigenvalue weighted by molar-refractivity contribution is -0.147. The van der Waals surface area contributed by atoms with Gasteiger partial charge in [-0.25, -0.2) is 0 Å². The number of rotatable bonds is 8. The van der Waals surface area contributed by atoms with E-state index in [0.717, 1.165) is 32.1 Å². The molecule has 0 bridgehead atoms. The van der Waals surface area contributed by atoms with E-state index in [-0.39, 0.29) is 30.1 Å². The van der Waals surface area contributed by atoms with Crippen molar-refractivity contribution in [2.45, 2.75) is 77.5 Å². The van der Waals surface area contributed by atoms with Crippen molar-refractivity contribution in [3.63, 3.8) is 0 Å².